The second kappa shape index (κ2) is 8.69. The Labute approximate surface area is 164 Å². The van der Waals surface area contributed by atoms with Gasteiger partial charge in [0, 0.05) is 30.9 Å². The topological polar surface area (TPSA) is 100 Å². The summed E-state index contributed by atoms with van der Waals surface area (Å²) in [4.78, 5) is 29.1. The van der Waals surface area contributed by atoms with Crippen molar-refractivity contribution in [3.05, 3.63) is 57.8 Å². The maximum Gasteiger partial charge on any atom is 0.319 e. The first-order valence-electron chi connectivity index (χ1n) is 9.40. The molecule has 8 nitrogen and oxygen atoms in total. The maximum absolute atomic E-state index is 12.1. The number of carbonyl (C=O) groups is 1. The number of nitrogens with one attached hydrogen (secondary N) is 2. The number of nitro groups is 1. The van der Waals surface area contributed by atoms with Crippen LogP contribution in [0.15, 0.2) is 36.5 Å². The summed E-state index contributed by atoms with van der Waals surface area (Å²) < 4.78 is 0. The summed E-state index contributed by atoms with van der Waals surface area (Å²) >= 11 is 0. The van der Waals surface area contributed by atoms with Gasteiger partial charge in [-0.15, -0.1) is 0 Å². The molecule has 1 atom stereocenters. The number of pyridine rings is 1. The zero-order valence-electron chi connectivity index (χ0n) is 16.1. The van der Waals surface area contributed by atoms with E-state index in [1.54, 1.807) is 13.0 Å². The van der Waals surface area contributed by atoms with Crippen LogP contribution in [0.5, 0.6) is 0 Å². The molecule has 0 radical (unpaired) electrons. The molecule has 2 N–H and O–H groups in total. The summed E-state index contributed by atoms with van der Waals surface area (Å²) in [5.74, 6) is 1.05. The second-order valence-corrected chi connectivity index (χ2v) is 7.24. The fourth-order valence-electron chi connectivity index (χ4n) is 3.39. The van der Waals surface area contributed by atoms with E-state index in [9.17, 15) is 14.9 Å². The summed E-state index contributed by atoms with van der Waals surface area (Å²) in [5, 5.41) is 16.7. The molecule has 8 heteroatoms. The quantitative estimate of drug-likeness (QED) is 0.606. The van der Waals surface area contributed by atoms with Crippen molar-refractivity contribution in [3.63, 3.8) is 0 Å². The van der Waals surface area contributed by atoms with Crippen molar-refractivity contribution in [2.24, 2.45) is 5.92 Å². The van der Waals surface area contributed by atoms with Gasteiger partial charge in [-0.05, 0) is 50.8 Å². The van der Waals surface area contributed by atoms with E-state index in [1.165, 1.54) is 6.20 Å². The zero-order chi connectivity index (χ0) is 20.1. The Hall–Kier alpha value is -3.16. The van der Waals surface area contributed by atoms with Crippen molar-refractivity contribution in [3.8, 4) is 0 Å². The van der Waals surface area contributed by atoms with E-state index in [1.807, 2.05) is 31.2 Å². The third-order valence-corrected chi connectivity index (χ3v) is 4.97. The molecule has 0 bridgehead atoms. The van der Waals surface area contributed by atoms with E-state index in [4.69, 9.17) is 0 Å². The van der Waals surface area contributed by atoms with Gasteiger partial charge in [-0.25, -0.2) is 9.78 Å². The normalized spacial score (nSPS) is 16.5. The van der Waals surface area contributed by atoms with E-state index in [0.717, 1.165) is 43.0 Å². The zero-order valence-corrected chi connectivity index (χ0v) is 16.1. The van der Waals surface area contributed by atoms with Gasteiger partial charge < -0.3 is 15.5 Å². The number of hydrogen-bond acceptors (Lipinski definition) is 5. The van der Waals surface area contributed by atoms with Gasteiger partial charge in [-0.1, -0.05) is 17.7 Å². The van der Waals surface area contributed by atoms with Crippen LogP contribution < -0.4 is 15.5 Å². The number of carbonyl (C=O) groups excluding carboxylic acids is 1. The molecule has 0 saturated carbocycles. The van der Waals surface area contributed by atoms with Crippen LogP contribution in [-0.2, 0) is 0 Å². The predicted molar refractivity (Wildman–Crippen MR) is 109 cm³/mol. The lowest BCUT2D eigenvalue weighted by molar-refractivity contribution is -0.385. The van der Waals surface area contributed by atoms with Gasteiger partial charge in [-0.2, -0.15) is 0 Å². The van der Waals surface area contributed by atoms with Crippen LogP contribution in [0.3, 0.4) is 0 Å². The number of nitrogens with zero attached hydrogens (tertiary/aromatic N) is 3. The number of amides is 2. The summed E-state index contributed by atoms with van der Waals surface area (Å²) in [6.07, 6.45) is 3.33. The van der Waals surface area contributed by atoms with Crippen molar-refractivity contribution >= 4 is 23.2 Å². The molecule has 1 aromatic carbocycles. The van der Waals surface area contributed by atoms with Crippen LogP contribution in [0.25, 0.3) is 0 Å². The van der Waals surface area contributed by atoms with Crippen molar-refractivity contribution in [1.29, 1.82) is 0 Å². The number of aryl methyl sites for hydroxylation is 2. The average Bonchev–Trinajstić information content (AvgIpc) is 2.68. The largest absolute Gasteiger partial charge is 0.356 e. The Morgan fingerprint density at radius 3 is 2.75 bits per heavy atom. The molecule has 1 fully saturated rings. The van der Waals surface area contributed by atoms with E-state index >= 15 is 0 Å². The average molecular weight is 383 g/mol. The summed E-state index contributed by atoms with van der Waals surface area (Å²) in [6.45, 7) is 5.91. The van der Waals surface area contributed by atoms with Gasteiger partial charge in [0.2, 0.25) is 0 Å². The van der Waals surface area contributed by atoms with E-state index < -0.39 is 4.92 Å². The standard InChI is InChI=1S/C20H25N5O3/c1-14-5-7-17(8-6-14)23-20(26)22-11-16-4-3-9-24(13-16)19-10-15(2)18(12-21-19)25(27)28/h5-8,10,12,16H,3-4,9,11,13H2,1-2H3,(H2,22,23,26). The van der Waals surface area contributed by atoms with Crippen LogP contribution >= 0.6 is 0 Å². The third-order valence-electron chi connectivity index (χ3n) is 4.97. The first-order valence-corrected chi connectivity index (χ1v) is 9.40. The Balaban J connectivity index is 1.53. The van der Waals surface area contributed by atoms with Crippen molar-refractivity contribution < 1.29 is 9.72 Å². The highest BCUT2D eigenvalue weighted by atomic mass is 16.6. The number of hydrogen-bond donors (Lipinski definition) is 2. The summed E-state index contributed by atoms with van der Waals surface area (Å²) in [7, 11) is 0. The molecule has 2 aromatic rings. The molecular formula is C20H25N5O3. The van der Waals surface area contributed by atoms with E-state index in [0.29, 0.717) is 18.0 Å². The Morgan fingerprint density at radius 1 is 1.32 bits per heavy atom. The number of piperidine rings is 1. The fraction of sp³-hybridized carbons (Fsp3) is 0.400. The molecule has 28 heavy (non-hydrogen) atoms. The van der Waals surface area contributed by atoms with Crippen LogP contribution in [-0.4, -0.2) is 35.6 Å². The summed E-state index contributed by atoms with van der Waals surface area (Å²) in [5.41, 5.74) is 2.54. The van der Waals surface area contributed by atoms with E-state index in [2.05, 4.69) is 20.5 Å². The maximum atomic E-state index is 12.1. The van der Waals surface area contributed by atoms with E-state index in [-0.39, 0.29) is 11.7 Å². The van der Waals surface area contributed by atoms with Crippen molar-refractivity contribution in [2.75, 3.05) is 29.9 Å². The van der Waals surface area contributed by atoms with Gasteiger partial charge >= 0.3 is 6.03 Å². The minimum Gasteiger partial charge on any atom is -0.356 e. The number of anilines is 2. The molecule has 3 rings (SSSR count). The minimum atomic E-state index is -0.415. The Bertz CT molecular complexity index is 853. The third kappa shape index (κ3) is 4.97. The first kappa shape index (κ1) is 19.6. The van der Waals surface area contributed by atoms with Gasteiger partial charge in [0.15, 0.2) is 0 Å². The lowest BCUT2D eigenvalue weighted by Crippen LogP contribution is -2.42. The van der Waals surface area contributed by atoms with Gasteiger partial charge in [0.25, 0.3) is 5.69 Å². The Kier molecular flexibility index (Phi) is 6.08. The van der Waals surface area contributed by atoms with Crippen LogP contribution in [0, 0.1) is 29.9 Å². The van der Waals surface area contributed by atoms with Crippen LogP contribution in [0.4, 0.5) is 22.0 Å². The minimum absolute atomic E-state index is 0.0340. The molecule has 1 aromatic heterocycles. The van der Waals surface area contributed by atoms with Crippen molar-refractivity contribution in [1.82, 2.24) is 10.3 Å². The highest BCUT2D eigenvalue weighted by Crippen LogP contribution is 2.25. The highest BCUT2D eigenvalue weighted by Gasteiger charge is 2.23. The SMILES string of the molecule is Cc1ccc(NC(=O)NCC2CCCN(c3cc(C)c([N+](=O)[O-])cn3)C2)cc1. The fourth-order valence-corrected chi connectivity index (χ4v) is 3.39. The van der Waals surface area contributed by atoms with Gasteiger partial charge in [-0.3, -0.25) is 10.1 Å². The number of benzene rings is 1. The lowest BCUT2D eigenvalue weighted by atomic mass is 9.98. The van der Waals surface area contributed by atoms with Crippen molar-refractivity contribution in [2.45, 2.75) is 26.7 Å². The second-order valence-electron chi connectivity index (χ2n) is 7.24. The molecular weight excluding hydrogens is 358 g/mol. The molecule has 1 aliphatic heterocycles. The molecule has 0 aliphatic carbocycles. The molecule has 0 spiro atoms. The molecule has 2 heterocycles. The molecule has 1 unspecified atom stereocenters. The molecule has 1 saturated heterocycles. The highest BCUT2D eigenvalue weighted by molar-refractivity contribution is 5.89. The number of aromatic nitrogens is 1. The van der Waals surface area contributed by atoms with Crippen LogP contribution in [0.2, 0.25) is 0 Å². The van der Waals surface area contributed by atoms with Gasteiger partial charge in [0.05, 0.1) is 4.92 Å². The van der Waals surface area contributed by atoms with Crippen LogP contribution in [0.1, 0.15) is 24.0 Å². The van der Waals surface area contributed by atoms with Gasteiger partial charge in [0.1, 0.15) is 12.0 Å². The predicted octanol–water partition coefficient (Wildman–Crippen LogP) is 3.64. The first-order chi connectivity index (χ1) is 13.4. The number of urea groups is 1. The Morgan fingerprint density at radius 2 is 2.07 bits per heavy atom. The molecule has 148 valence electrons. The molecule has 1 aliphatic rings. The smallest absolute Gasteiger partial charge is 0.319 e. The monoisotopic (exact) mass is 383 g/mol. The molecule has 2 amide bonds. The summed E-state index contributed by atoms with van der Waals surface area (Å²) in [6, 6.07) is 9.20. The number of rotatable bonds is 5. The lowest BCUT2D eigenvalue weighted by Gasteiger charge is -2.33.